The molecule has 0 spiro atoms. The van der Waals surface area contributed by atoms with Crippen molar-refractivity contribution in [3.05, 3.63) is 0 Å². The number of unbranched alkanes of at least 4 members (excludes halogenated alkanes) is 2. The average molecular weight is 256 g/mol. The topological polar surface area (TPSA) is 15.3 Å². The van der Waals surface area contributed by atoms with Gasteiger partial charge >= 0.3 is 0 Å². The Morgan fingerprint density at radius 3 is 2.82 bits per heavy atom. The maximum Gasteiger partial charge on any atom is 0.00683 e. The molecule has 0 radical (unpaired) electrons. The number of rotatable bonds is 9. The van der Waals surface area contributed by atoms with Gasteiger partial charge in [-0.2, -0.15) is 11.8 Å². The summed E-state index contributed by atoms with van der Waals surface area (Å²) in [5.74, 6) is 2.27. The van der Waals surface area contributed by atoms with Crippen molar-refractivity contribution in [3.8, 4) is 0 Å². The van der Waals surface area contributed by atoms with Gasteiger partial charge in [0.2, 0.25) is 0 Å². The minimum Gasteiger partial charge on any atom is -0.314 e. The number of hydrogen-bond donors (Lipinski definition) is 1. The molecule has 1 saturated heterocycles. The molecule has 0 bridgehead atoms. The summed E-state index contributed by atoms with van der Waals surface area (Å²) in [5, 5.41) is 3.67. The van der Waals surface area contributed by atoms with Gasteiger partial charge in [-0.05, 0) is 69.7 Å². The largest absolute Gasteiger partial charge is 0.314 e. The lowest BCUT2D eigenvalue weighted by atomic mass is 10.1. The zero-order valence-electron chi connectivity index (χ0n) is 11.3. The Bertz CT molecular complexity index is 206. The van der Waals surface area contributed by atoms with Crippen LogP contribution in [0.1, 0.15) is 38.5 Å². The molecule has 3 heteroatoms. The normalized spacial score (nSPS) is 25.6. The Hall–Kier alpha value is 0.270. The Morgan fingerprint density at radius 2 is 2.06 bits per heavy atom. The summed E-state index contributed by atoms with van der Waals surface area (Å²) in [4.78, 5) is 2.68. The predicted octanol–water partition coefficient (Wildman–Crippen LogP) is 2.59. The third-order valence-electron chi connectivity index (χ3n) is 3.97. The zero-order valence-corrected chi connectivity index (χ0v) is 12.1. The molecule has 100 valence electrons. The van der Waals surface area contributed by atoms with Crippen molar-refractivity contribution in [1.29, 1.82) is 0 Å². The first-order valence-corrected chi connectivity index (χ1v) is 8.72. The van der Waals surface area contributed by atoms with Gasteiger partial charge in [0.25, 0.3) is 0 Å². The first-order chi connectivity index (χ1) is 8.38. The molecule has 1 aliphatic carbocycles. The minimum absolute atomic E-state index is 0.885. The van der Waals surface area contributed by atoms with E-state index in [2.05, 4.69) is 16.5 Å². The van der Waals surface area contributed by atoms with Crippen molar-refractivity contribution >= 4 is 11.8 Å². The van der Waals surface area contributed by atoms with Crippen LogP contribution in [0, 0.1) is 5.92 Å². The van der Waals surface area contributed by atoms with Gasteiger partial charge in [0.1, 0.15) is 0 Å². The van der Waals surface area contributed by atoms with Gasteiger partial charge in [-0.15, -0.1) is 0 Å². The van der Waals surface area contributed by atoms with Crippen molar-refractivity contribution < 1.29 is 0 Å². The van der Waals surface area contributed by atoms with Gasteiger partial charge in [0.15, 0.2) is 0 Å². The van der Waals surface area contributed by atoms with Crippen LogP contribution in [0.15, 0.2) is 0 Å². The highest BCUT2D eigenvalue weighted by atomic mass is 32.2. The second-order valence-electron chi connectivity index (χ2n) is 5.69. The molecular formula is C14H28N2S. The SMILES string of the molecule is CSCCCCCN1CCC(CNC2CC2)C1. The Kier molecular flexibility index (Phi) is 6.16. The summed E-state index contributed by atoms with van der Waals surface area (Å²) >= 11 is 1.98. The molecule has 1 saturated carbocycles. The first kappa shape index (κ1) is 13.7. The molecule has 17 heavy (non-hydrogen) atoms. The van der Waals surface area contributed by atoms with Gasteiger partial charge in [-0.1, -0.05) is 6.42 Å². The maximum absolute atomic E-state index is 3.67. The molecule has 0 amide bonds. The van der Waals surface area contributed by atoms with E-state index in [1.807, 2.05) is 11.8 Å². The van der Waals surface area contributed by atoms with Gasteiger partial charge in [-0.25, -0.2) is 0 Å². The van der Waals surface area contributed by atoms with Crippen LogP contribution in [0.3, 0.4) is 0 Å². The predicted molar refractivity (Wildman–Crippen MR) is 77.8 cm³/mol. The number of thioether (sulfide) groups is 1. The van der Waals surface area contributed by atoms with E-state index in [0.717, 1.165) is 12.0 Å². The van der Waals surface area contributed by atoms with Gasteiger partial charge in [-0.3, -0.25) is 0 Å². The van der Waals surface area contributed by atoms with Crippen molar-refractivity contribution in [2.24, 2.45) is 5.92 Å². The molecule has 0 aromatic heterocycles. The van der Waals surface area contributed by atoms with Gasteiger partial charge < -0.3 is 10.2 Å². The smallest absolute Gasteiger partial charge is 0.00683 e. The lowest BCUT2D eigenvalue weighted by molar-refractivity contribution is 0.314. The van der Waals surface area contributed by atoms with E-state index in [1.165, 1.54) is 70.5 Å². The molecule has 0 aromatic rings. The van der Waals surface area contributed by atoms with Crippen molar-refractivity contribution in [1.82, 2.24) is 10.2 Å². The molecule has 1 heterocycles. The Balaban J connectivity index is 1.45. The number of hydrogen-bond acceptors (Lipinski definition) is 3. The van der Waals surface area contributed by atoms with E-state index in [1.54, 1.807) is 0 Å². The highest BCUT2D eigenvalue weighted by Crippen LogP contribution is 2.21. The van der Waals surface area contributed by atoms with Crippen LogP contribution in [0.5, 0.6) is 0 Å². The Morgan fingerprint density at radius 1 is 1.18 bits per heavy atom. The van der Waals surface area contributed by atoms with Crippen molar-refractivity contribution in [2.45, 2.75) is 44.6 Å². The molecule has 1 unspecified atom stereocenters. The standard InChI is InChI=1S/C14H28N2S/c1-17-10-4-2-3-8-16-9-7-13(12-16)11-15-14-5-6-14/h13-15H,2-12H2,1H3. The Labute approximate surface area is 111 Å². The first-order valence-electron chi connectivity index (χ1n) is 7.33. The molecule has 1 aliphatic heterocycles. The third kappa shape index (κ3) is 5.62. The molecule has 0 aromatic carbocycles. The van der Waals surface area contributed by atoms with Crippen molar-refractivity contribution in [2.75, 3.05) is 38.2 Å². The summed E-state index contributed by atoms with van der Waals surface area (Å²) in [5.41, 5.74) is 0. The highest BCUT2D eigenvalue weighted by Gasteiger charge is 2.25. The van der Waals surface area contributed by atoms with E-state index < -0.39 is 0 Å². The lowest BCUT2D eigenvalue weighted by Crippen LogP contribution is -2.28. The summed E-state index contributed by atoms with van der Waals surface area (Å²) < 4.78 is 0. The van der Waals surface area contributed by atoms with Crippen LogP contribution in [0.25, 0.3) is 0 Å². The fourth-order valence-electron chi connectivity index (χ4n) is 2.66. The molecule has 1 N–H and O–H groups in total. The fraction of sp³-hybridized carbons (Fsp3) is 1.00. The van der Waals surface area contributed by atoms with Crippen LogP contribution in [0.2, 0.25) is 0 Å². The van der Waals surface area contributed by atoms with Gasteiger partial charge in [0, 0.05) is 12.6 Å². The quantitative estimate of drug-likeness (QED) is 0.638. The summed E-state index contributed by atoms with van der Waals surface area (Å²) in [6, 6.07) is 0.885. The van der Waals surface area contributed by atoms with Crippen LogP contribution >= 0.6 is 11.8 Å². The highest BCUT2D eigenvalue weighted by molar-refractivity contribution is 7.98. The molecule has 2 nitrogen and oxygen atoms in total. The lowest BCUT2D eigenvalue weighted by Gasteiger charge is -2.16. The minimum atomic E-state index is 0.885. The number of nitrogens with zero attached hydrogens (tertiary/aromatic N) is 1. The van der Waals surface area contributed by atoms with Crippen LogP contribution in [0.4, 0.5) is 0 Å². The zero-order chi connectivity index (χ0) is 11.9. The summed E-state index contributed by atoms with van der Waals surface area (Å²) in [6.45, 7) is 5.31. The molecule has 2 rings (SSSR count). The number of nitrogens with one attached hydrogen (secondary N) is 1. The molecular weight excluding hydrogens is 228 g/mol. The second-order valence-corrected chi connectivity index (χ2v) is 6.68. The van der Waals surface area contributed by atoms with Crippen LogP contribution in [-0.4, -0.2) is 49.1 Å². The molecule has 2 aliphatic rings. The van der Waals surface area contributed by atoms with E-state index in [9.17, 15) is 0 Å². The monoisotopic (exact) mass is 256 g/mol. The summed E-state index contributed by atoms with van der Waals surface area (Å²) in [7, 11) is 0. The fourth-order valence-corrected chi connectivity index (χ4v) is 3.15. The maximum atomic E-state index is 3.67. The van der Waals surface area contributed by atoms with Crippen molar-refractivity contribution in [3.63, 3.8) is 0 Å². The number of likely N-dealkylation sites (tertiary alicyclic amines) is 1. The van der Waals surface area contributed by atoms with E-state index in [0.29, 0.717) is 0 Å². The molecule has 1 atom stereocenters. The third-order valence-corrected chi connectivity index (χ3v) is 4.66. The van der Waals surface area contributed by atoms with E-state index >= 15 is 0 Å². The molecule has 2 fully saturated rings. The second kappa shape index (κ2) is 7.65. The van der Waals surface area contributed by atoms with E-state index in [4.69, 9.17) is 0 Å². The van der Waals surface area contributed by atoms with Gasteiger partial charge in [0.05, 0.1) is 0 Å². The summed E-state index contributed by atoms with van der Waals surface area (Å²) in [6.07, 6.45) is 10.7. The van der Waals surface area contributed by atoms with Crippen LogP contribution in [-0.2, 0) is 0 Å². The average Bonchev–Trinajstić information content (AvgIpc) is 3.06. The van der Waals surface area contributed by atoms with E-state index in [-0.39, 0.29) is 0 Å². The van der Waals surface area contributed by atoms with Crippen LogP contribution < -0.4 is 5.32 Å².